The molecule has 0 fully saturated rings. The summed E-state index contributed by atoms with van der Waals surface area (Å²) in [6, 6.07) is 8.55. The van der Waals surface area contributed by atoms with Gasteiger partial charge in [-0.2, -0.15) is 0 Å². The van der Waals surface area contributed by atoms with Crippen molar-refractivity contribution in [2.24, 2.45) is 0 Å². The molecule has 0 atom stereocenters. The van der Waals surface area contributed by atoms with E-state index >= 15 is 0 Å². The third-order valence-corrected chi connectivity index (χ3v) is 4.43. The fourth-order valence-corrected chi connectivity index (χ4v) is 3.09. The van der Waals surface area contributed by atoms with Crippen molar-refractivity contribution >= 4 is 35.1 Å². The highest BCUT2D eigenvalue weighted by Gasteiger charge is 2.09. The smallest absolute Gasteiger partial charge is 0.335 e. The highest BCUT2D eigenvalue weighted by Crippen LogP contribution is 2.24. The van der Waals surface area contributed by atoms with Crippen LogP contribution in [0.3, 0.4) is 0 Å². The number of carbonyl (C=O) groups is 1. The fourth-order valence-electron chi connectivity index (χ4n) is 2.05. The first-order valence-corrected chi connectivity index (χ1v) is 8.64. The van der Waals surface area contributed by atoms with E-state index in [0.29, 0.717) is 16.1 Å². The molecule has 2 rings (SSSR count). The molecule has 0 radical (unpaired) electrons. The number of rotatable bonds is 7. The van der Waals surface area contributed by atoms with Gasteiger partial charge in [-0.3, -0.25) is 0 Å². The van der Waals surface area contributed by atoms with Crippen LogP contribution in [0.2, 0.25) is 5.15 Å². The van der Waals surface area contributed by atoms with E-state index in [1.165, 1.54) is 11.8 Å². The van der Waals surface area contributed by atoms with Crippen LogP contribution >= 0.6 is 23.4 Å². The van der Waals surface area contributed by atoms with Crippen molar-refractivity contribution < 1.29 is 9.90 Å². The molecule has 1 heterocycles. The zero-order chi connectivity index (χ0) is 16.8. The zero-order valence-electron chi connectivity index (χ0n) is 13.0. The lowest BCUT2D eigenvalue weighted by Gasteiger charge is -2.20. The molecule has 0 aliphatic heterocycles. The quantitative estimate of drug-likeness (QED) is 0.462. The summed E-state index contributed by atoms with van der Waals surface area (Å²) < 4.78 is 0. The van der Waals surface area contributed by atoms with Crippen LogP contribution in [0.1, 0.15) is 29.8 Å². The Labute approximate surface area is 144 Å². The number of hydrogen-bond acceptors (Lipinski definition) is 5. The molecule has 1 N–H and O–H groups in total. The van der Waals surface area contributed by atoms with E-state index in [2.05, 4.69) is 28.7 Å². The Morgan fingerprint density at radius 3 is 2.43 bits per heavy atom. The van der Waals surface area contributed by atoms with Gasteiger partial charge in [0.1, 0.15) is 11.0 Å². The number of nitrogens with zero attached hydrogens (tertiary/aromatic N) is 3. The van der Waals surface area contributed by atoms with Gasteiger partial charge in [0.05, 0.1) is 5.56 Å². The molecule has 1 aromatic heterocycles. The highest BCUT2D eigenvalue weighted by molar-refractivity contribution is 7.98. The van der Waals surface area contributed by atoms with E-state index in [0.717, 1.165) is 24.5 Å². The fraction of sp³-hybridized carbons (Fsp3) is 0.312. The predicted molar refractivity (Wildman–Crippen MR) is 93.6 cm³/mol. The largest absolute Gasteiger partial charge is 0.478 e. The zero-order valence-corrected chi connectivity index (χ0v) is 14.6. The summed E-state index contributed by atoms with van der Waals surface area (Å²) in [4.78, 5) is 21.7. The van der Waals surface area contributed by atoms with E-state index in [1.807, 2.05) is 0 Å². The number of aromatic nitrogens is 2. The Hall–Kier alpha value is -1.79. The van der Waals surface area contributed by atoms with E-state index in [9.17, 15) is 4.79 Å². The second kappa shape index (κ2) is 8.17. The average Bonchev–Trinajstić information content (AvgIpc) is 2.54. The van der Waals surface area contributed by atoms with E-state index in [4.69, 9.17) is 16.7 Å². The van der Waals surface area contributed by atoms with Gasteiger partial charge in [0.2, 0.25) is 0 Å². The first-order chi connectivity index (χ1) is 11.0. The number of carboxylic acids is 1. The molecule has 122 valence electrons. The van der Waals surface area contributed by atoms with Gasteiger partial charge in [-0.1, -0.05) is 35.5 Å². The monoisotopic (exact) mass is 351 g/mol. The van der Waals surface area contributed by atoms with Gasteiger partial charge in [-0.25, -0.2) is 14.8 Å². The van der Waals surface area contributed by atoms with Crippen LogP contribution in [0.5, 0.6) is 0 Å². The second-order valence-corrected chi connectivity index (χ2v) is 6.12. The lowest BCUT2D eigenvalue weighted by molar-refractivity contribution is 0.0697. The number of halogens is 1. The number of carboxylic acid groups (broad SMARTS) is 1. The van der Waals surface area contributed by atoms with Gasteiger partial charge in [-0.15, -0.1) is 0 Å². The van der Waals surface area contributed by atoms with Crippen molar-refractivity contribution in [1.29, 1.82) is 0 Å². The Morgan fingerprint density at radius 2 is 1.87 bits per heavy atom. The number of thioether (sulfide) groups is 1. The number of anilines is 1. The van der Waals surface area contributed by atoms with Gasteiger partial charge in [0.25, 0.3) is 0 Å². The standard InChI is InChI=1S/C16H18ClN3O2S/c1-3-20(4-2)14-9-13(17)18-16(19-14)23-10-11-5-7-12(8-6-11)15(21)22/h5-9H,3-4,10H2,1-2H3,(H,21,22). The maximum absolute atomic E-state index is 10.8. The van der Waals surface area contributed by atoms with Crippen molar-refractivity contribution in [3.05, 3.63) is 46.6 Å². The normalized spacial score (nSPS) is 10.6. The third kappa shape index (κ3) is 4.84. The minimum absolute atomic E-state index is 0.279. The van der Waals surface area contributed by atoms with Crippen LogP contribution in [0, 0.1) is 0 Å². The topological polar surface area (TPSA) is 66.3 Å². The highest BCUT2D eigenvalue weighted by atomic mass is 35.5. The molecule has 2 aromatic rings. The van der Waals surface area contributed by atoms with Gasteiger partial charge in [0.15, 0.2) is 5.16 Å². The van der Waals surface area contributed by atoms with Crippen molar-refractivity contribution in [2.75, 3.05) is 18.0 Å². The maximum Gasteiger partial charge on any atom is 0.335 e. The second-order valence-electron chi connectivity index (χ2n) is 4.79. The molecule has 0 saturated carbocycles. The lowest BCUT2D eigenvalue weighted by Crippen LogP contribution is -2.23. The van der Waals surface area contributed by atoms with Gasteiger partial charge < -0.3 is 10.0 Å². The Balaban J connectivity index is 2.09. The molecule has 5 nitrogen and oxygen atoms in total. The molecular formula is C16H18ClN3O2S. The maximum atomic E-state index is 10.8. The first-order valence-electron chi connectivity index (χ1n) is 7.28. The molecule has 23 heavy (non-hydrogen) atoms. The first kappa shape index (κ1) is 17.6. The molecule has 0 aliphatic rings. The Kier molecular flexibility index (Phi) is 6.24. The molecule has 0 aliphatic carbocycles. The van der Waals surface area contributed by atoms with Crippen molar-refractivity contribution in [2.45, 2.75) is 24.8 Å². The molecule has 7 heteroatoms. The minimum Gasteiger partial charge on any atom is -0.478 e. The van der Waals surface area contributed by atoms with E-state index < -0.39 is 5.97 Å². The van der Waals surface area contributed by atoms with E-state index in [-0.39, 0.29) is 5.56 Å². The molecule has 1 aromatic carbocycles. The van der Waals surface area contributed by atoms with Gasteiger partial charge in [0, 0.05) is 24.9 Å². The Bertz CT molecular complexity index is 676. The molecule has 0 bridgehead atoms. The molecule has 0 spiro atoms. The van der Waals surface area contributed by atoms with Crippen LogP contribution in [-0.2, 0) is 5.75 Å². The van der Waals surface area contributed by atoms with Crippen LogP contribution in [0.4, 0.5) is 5.82 Å². The molecule has 0 unspecified atom stereocenters. The third-order valence-electron chi connectivity index (χ3n) is 3.32. The lowest BCUT2D eigenvalue weighted by atomic mass is 10.1. The average molecular weight is 352 g/mol. The number of aromatic carboxylic acids is 1. The predicted octanol–water partition coefficient (Wildman–Crippen LogP) is 3.97. The van der Waals surface area contributed by atoms with Gasteiger partial charge in [-0.05, 0) is 31.5 Å². The number of hydrogen-bond donors (Lipinski definition) is 1. The SMILES string of the molecule is CCN(CC)c1cc(Cl)nc(SCc2ccc(C(=O)O)cc2)n1. The van der Waals surface area contributed by atoms with Crippen molar-refractivity contribution in [3.8, 4) is 0 Å². The summed E-state index contributed by atoms with van der Waals surface area (Å²) in [5.41, 5.74) is 1.29. The molecular weight excluding hydrogens is 334 g/mol. The Morgan fingerprint density at radius 1 is 1.22 bits per heavy atom. The van der Waals surface area contributed by atoms with Crippen LogP contribution < -0.4 is 4.90 Å². The van der Waals surface area contributed by atoms with Crippen molar-refractivity contribution in [1.82, 2.24) is 9.97 Å². The van der Waals surface area contributed by atoms with Crippen LogP contribution in [-0.4, -0.2) is 34.1 Å². The molecule has 0 saturated heterocycles. The molecule has 0 amide bonds. The summed E-state index contributed by atoms with van der Waals surface area (Å²) >= 11 is 7.56. The number of benzene rings is 1. The summed E-state index contributed by atoms with van der Waals surface area (Å²) in [5, 5.41) is 9.93. The van der Waals surface area contributed by atoms with Crippen molar-refractivity contribution in [3.63, 3.8) is 0 Å². The summed E-state index contributed by atoms with van der Waals surface area (Å²) in [6.45, 7) is 5.84. The van der Waals surface area contributed by atoms with Crippen LogP contribution in [0.25, 0.3) is 0 Å². The summed E-state index contributed by atoms with van der Waals surface area (Å²) in [7, 11) is 0. The summed E-state index contributed by atoms with van der Waals surface area (Å²) in [6.07, 6.45) is 0. The summed E-state index contributed by atoms with van der Waals surface area (Å²) in [5.74, 6) is 0.544. The van der Waals surface area contributed by atoms with E-state index in [1.54, 1.807) is 30.3 Å². The van der Waals surface area contributed by atoms with Crippen LogP contribution in [0.15, 0.2) is 35.5 Å². The minimum atomic E-state index is -0.925. The van der Waals surface area contributed by atoms with Gasteiger partial charge >= 0.3 is 5.97 Å².